The summed E-state index contributed by atoms with van der Waals surface area (Å²) >= 11 is 3.91. The zero-order valence-electron chi connectivity index (χ0n) is 10.9. The van der Waals surface area contributed by atoms with Crippen LogP contribution in [-0.4, -0.2) is 32.4 Å². The number of amides is 1. The fourth-order valence-electron chi connectivity index (χ4n) is 1.76. The van der Waals surface area contributed by atoms with Crippen molar-refractivity contribution in [3.63, 3.8) is 0 Å². The molecule has 0 aliphatic carbocycles. The van der Waals surface area contributed by atoms with Crippen molar-refractivity contribution in [2.45, 2.75) is 13.3 Å². The van der Waals surface area contributed by atoms with E-state index < -0.39 is 0 Å². The van der Waals surface area contributed by atoms with Crippen LogP contribution < -0.4 is 14.8 Å². The number of hydrogen-bond acceptors (Lipinski definition) is 4. The lowest BCUT2D eigenvalue weighted by molar-refractivity contribution is -0.118. The third-order valence-corrected chi connectivity index (χ3v) is 2.99. The molecule has 0 aliphatic rings. The molecule has 5 heteroatoms. The minimum atomic E-state index is -0.0662. The molecule has 0 spiro atoms. The molecule has 0 unspecified atom stereocenters. The summed E-state index contributed by atoms with van der Waals surface area (Å²) in [6.07, 6.45) is 0.721. The standard InChI is InChI=1S/C13H19NO3S/c1-9-6-10(16-2)7-12(17-3)11(9)4-5-14-13(15)8-18/h6-7,18H,4-5,8H2,1-3H3,(H,14,15). The van der Waals surface area contributed by atoms with Gasteiger partial charge in [0.25, 0.3) is 0 Å². The highest BCUT2D eigenvalue weighted by molar-refractivity contribution is 7.81. The second kappa shape index (κ2) is 7.16. The number of nitrogens with one attached hydrogen (secondary N) is 1. The molecule has 18 heavy (non-hydrogen) atoms. The molecule has 0 saturated carbocycles. The van der Waals surface area contributed by atoms with Crippen LogP contribution in [0.4, 0.5) is 0 Å². The van der Waals surface area contributed by atoms with Gasteiger partial charge in [0.2, 0.25) is 5.91 Å². The van der Waals surface area contributed by atoms with Gasteiger partial charge in [-0.05, 0) is 30.5 Å². The van der Waals surface area contributed by atoms with Gasteiger partial charge in [-0.25, -0.2) is 0 Å². The van der Waals surface area contributed by atoms with E-state index in [0.717, 1.165) is 29.0 Å². The summed E-state index contributed by atoms with van der Waals surface area (Å²) in [6, 6.07) is 3.81. The van der Waals surface area contributed by atoms with E-state index in [-0.39, 0.29) is 11.7 Å². The molecule has 1 rings (SSSR count). The van der Waals surface area contributed by atoms with Crippen LogP contribution in [0, 0.1) is 6.92 Å². The first-order valence-electron chi connectivity index (χ1n) is 5.71. The van der Waals surface area contributed by atoms with Crippen LogP contribution >= 0.6 is 12.6 Å². The van der Waals surface area contributed by atoms with E-state index in [1.54, 1.807) is 14.2 Å². The summed E-state index contributed by atoms with van der Waals surface area (Å²) in [5.41, 5.74) is 2.17. The molecule has 0 radical (unpaired) electrons. The lowest BCUT2D eigenvalue weighted by atomic mass is 10.0. The van der Waals surface area contributed by atoms with Crippen LogP contribution in [0.1, 0.15) is 11.1 Å². The number of thiol groups is 1. The number of methoxy groups -OCH3 is 2. The molecule has 0 aliphatic heterocycles. The number of rotatable bonds is 6. The molecule has 0 saturated heterocycles. The molecule has 1 N–H and O–H groups in total. The number of carbonyl (C=O) groups is 1. The average Bonchev–Trinajstić information content (AvgIpc) is 2.39. The molecule has 0 heterocycles. The van der Waals surface area contributed by atoms with Crippen LogP contribution in [0.5, 0.6) is 11.5 Å². The number of ether oxygens (including phenoxy) is 2. The maximum Gasteiger partial charge on any atom is 0.229 e. The molecule has 0 aromatic heterocycles. The third kappa shape index (κ3) is 3.84. The van der Waals surface area contributed by atoms with E-state index in [0.29, 0.717) is 6.54 Å². The van der Waals surface area contributed by atoms with E-state index in [9.17, 15) is 4.79 Å². The zero-order valence-corrected chi connectivity index (χ0v) is 11.8. The van der Waals surface area contributed by atoms with E-state index in [2.05, 4.69) is 17.9 Å². The second-order valence-corrected chi connectivity index (χ2v) is 4.20. The first-order chi connectivity index (χ1) is 8.62. The van der Waals surface area contributed by atoms with Crippen molar-refractivity contribution in [2.24, 2.45) is 0 Å². The largest absolute Gasteiger partial charge is 0.497 e. The van der Waals surface area contributed by atoms with Crippen molar-refractivity contribution in [2.75, 3.05) is 26.5 Å². The van der Waals surface area contributed by atoms with Crippen LogP contribution in [0.15, 0.2) is 12.1 Å². The van der Waals surface area contributed by atoms with Crippen molar-refractivity contribution in [1.82, 2.24) is 5.32 Å². The van der Waals surface area contributed by atoms with Gasteiger partial charge in [0, 0.05) is 12.6 Å². The number of benzene rings is 1. The highest BCUT2D eigenvalue weighted by Gasteiger charge is 2.09. The maximum atomic E-state index is 11.1. The zero-order chi connectivity index (χ0) is 13.5. The Balaban J connectivity index is 2.78. The number of carbonyl (C=O) groups excluding carboxylic acids is 1. The van der Waals surface area contributed by atoms with Crippen molar-refractivity contribution in [3.8, 4) is 11.5 Å². The van der Waals surface area contributed by atoms with Gasteiger partial charge in [-0.1, -0.05) is 0 Å². The normalized spacial score (nSPS) is 10.0. The first-order valence-corrected chi connectivity index (χ1v) is 6.34. The van der Waals surface area contributed by atoms with Gasteiger partial charge in [0.1, 0.15) is 11.5 Å². The molecular formula is C13H19NO3S. The molecular weight excluding hydrogens is 250 g/mol. The summed E-state index contributed by atoms with van der Waals surface area (Å²) in [7, 11) is 3.25. The Bertz CT molecular complexity index is 421. The van der Waals surface area contributed by atoms with Crippen molar-refractivity contribution >= 4 is 18.5 Å². The van der Waals surface area contributed by atoms with E-state index in [1.165, 1.54) is 0 Å². The van der Waals surface area contributed by atoms with Crippen LogP contribution in [0.3, 0.4) is 0 Å². The molecule has 4 nitrogen and oxygen atoms in total. The number of hydrogen-bond donors (Lipinski definition) is 2. The van der Waals surface area contributed by atoms with Gasteiger partial charge >= 0.3 is 0 Å². The molecule has 1 aromatic rings. The summed E-state index contributed by atoms with van der Waals surface area (Å²) in [5.74, 6) is 1.70. The maximum absolute atomic E-state index is 11.1. The van der Waals surface area contributed by atoms with E-state index in [1.807, 2.05) is 19.1 Å². The smallest absolute Gasteiger partial charge is 0.229 e. The van der Waals surface area contributed by atoms with Crippen LogP contribution in [0.2, 0.25) is 0 Å². The molecule has 1 aromatic carbocycles. The summed E-state index contributed by atoms with van der Waals surface area (Å²) < 4.78 is 10.5. The summed E-state index contributed by atoms with van der Waals surface area (Å²) in [4.78, 5) is 11.1. The van der Waals surface area contributed by atoms with Gasteiger partial charge in [-0.15, -0.1) is 0 Å². The van der Waals surface area contributed by atoms with Crippen LogP contribution in [-0.2, 0) is 11.2 Å². The monoisotopic (exact) mass is 269 g/mol. The van der Waals surface area contributed by atoms with Gasteiger partial charge in [-0.3, -0.25) is 4.79 Å². The number of aryl methyl sites for hydroxylation is 1. The Labute approximate surface area is 113 Å². The Morgan fingerprint density at radius 2 is 2.06 bits per heavy atom. The van der Waals surface area contributed by atoms with Crippen molar-refractivity contribution in [1.29, 1.82) is 0 Å². The Morgan fingerprint density at radius 3 is 2.61 bits per heavy atom. The Morgan fingerprint density at radius 1 is 1.33 bits per heavy atom. The lowest BCUT2D eigenvalue weighted by Crippen LogP contribution is -2.26. The lowest BCUT2D eigenvalue weighted by Gasteiger charge is -2.14. The molecule has 1 amide bonds. The highest BCUT2D eigenvalue weighted by Crippen LogP contribution is 2.28. The molecule has 0 bridgehead atoms. The predicted octanol–water partition coefficient (Wildman–Crippen LogP) is 1.60. The fourth-order valence-corrected chi connectivity index (χ4v) is 1.87. The predicted molar refractivity (Wildman–Crippen MR) is 74.8 cm³/mol. The van der Waals surface area contributed by atoms with Crippen LogP contribution in [0.25, 0.3) is 0 Å². The Kier molecular flexibility index (Phi) is 5.85. The van der Waals surface area contributed by atoms with Crippen molar-refractivity contribution in [3.05, 3.63) is 23.3 Å². The SMILES string of the molecule is COc1cc(C)c(CCNC(=O)CS)c(OC)c1. The van der Waals surface area contributed by atoms with Gasteiger partial charge in [0.05, 0.1) is 20.0 Å². The quantitative estimate of drug-likeness (QED) is 0.771. The topological polar surface area (TPSA) is 47.6 Å². The molecule has 0 atom stereocenters. The summed E-state index contributed by atoms with van der Waals surface area (Å²) in [6.45, 7) is 2.57. The minimum absolute atomic E-state index is 0.0662. The third-order valence-electron chi connectivity index (χ3n) is 2.70. The Hall–Kier alpha value is -1.36. The second-order valence-electron chi connectivity index (χ2n) is 3.88. The van der Waals surface area contributed by atoms with Crippen molar-refractivity contribution < 1.29 is 14.3 Å². The van der Waals surface area contributed by atoms with Gasteiger partial charge in [-0.2, -0.15) is 12.6 Å². The molecule has 100 valence electrons. The highest BCUT2D eigenvalue weighted by atomic mass is 32.1. The van der Waals surface area contributed by atoms with E-state index in [4.69, 9.17) is 9.47 Å². The average molecular weight is 269 g/mol. The fraction of sp³-hybridized carbons (Fsp3) is 0.462. The minimum Gasteiger partial charge on any atom is -0.497 e. The van der Waals surface area contributed by atoms with E-state index >= 15 is 0 Å². The molecule has 0 fully saturated rings. The summed E-state index contributed by atoms with van der Waals surface area (Å²) in [5, 5.41) is 2.79. The van der Waals surface area contributed by atoms with Gasteiger partial charge in [0.15, 0.2) is 0 Å². The first kappa shape index (κ1) is 14.7. The van der Waals surface area contributed by atoms with Gasteiger partial charge < -0.3 is 14.8 Å².